The lowest BCUT2D eigenvalue weighted by Crippen LogP contribution is -1.98. The molecule has 0 aliphatic carbocycles. The highest BCUT2D eigenvalue weighted by Crippen LogP contribution is 2.33. The molecule has 4 heteroatoms. The van der Waals surface area contributed by atoms with Crippen LogP contribution in [-0.2, 0) is 0 Å². The summed E-state index contributed by atoms with van der Waals surface area (Å²) in [4.78, 5) is 10.6. The third-order valence-corrected chi connectivity index (χ3v) is 2.17. The van der Waals surface area contributed by atoms with E-state index in [1.807, 2.05) is 19.9 Å². The third kappa shape index (κ3) is 3.52. The van der Waals surface area contributed by atoms with Gasteiger partial charge >= 0.3 is 0 Å². The largest absolute Gasteiger partial charge is 0.507 e. The number of rotatable bonds is 5. The number of phenols is 1. The van der Waals surface area contributed by atoms with E-state index in [1.165, 1.54) is 19.2 Å². The molecule has 1 aromatic carbocycles. The molecule has 1 N–H and O–H groups in total. The summed E-state index contributed by atoms with van der Waals surface area (Å²) in [6, 6.07) is 2.82. The zero-order valence-corrected chi connectivity index (χ0v) is 10.2. The molecule has 0 radical (unpaired) electrons. The number of carbonyl (C=O) groups is 1. The van der Waals surface area contributed by atoms with Crippen molar-refractivity contribution in [1.82, 2.24) is 0 Å². The van der Waals surface area contributed by atoms with E-state index in [1.54, 1.807) is 0 Å². The van der Waals surface area contributed by atoms with Crippen molar-refractivity contribution in [1.29, 1.82) is 0 Å². The number of carbonyl (C=O) groups excluding carboxylic acids is 1. The first-order chi connectivity index (χ1) is 8.08. The number of aromatic hydroxyl groups is 1. The number of allylic oxidation sites excluding steroid dienone is 1. The molecule has 17 heavy (non-hydrogen) atoms. The quantitative estimate of drug-likeness (QED) is 0.630. The topological polar surface area (TPSA) is 55.8 Å². The van der Waals surface area contributed by atoms with E-state index in [0.29, 0.717) is 24.4 Å². The maximum atomic E-state index is 10.6. The third-order valence-electron chi connectivity index (χ3n) is 2.17. The number of aldehydes is 1. The van der Waals surface area contributed by atoms with Gasteiger partial charge in [-0.2, -0.15) is 0 Å². The molecule has 0 unspecified atom stereocenters. The van der Waals surface area contributed by atoms with Crippen LogP contribution in [0, 0.1) is 0 Å². The van der Waals surface area contributed by atoms with Crippen LogP contribution in [0.1, 0.15) is 24.2 Å². The SMILES string of the molecule is COc1cc(C=O)c(O)cc1OCC=C(C)C. The van der Waals surface area contributed by atoms with Crippen LogP contribution in [0.2, 0.25) is 0 Å². The minimum absolute atomic E-state index is 0.118. The van der Waals surface area contributed by atoms with Crippen LogP contribution in [-0.4, -0.2) is 25.1 Å². The van der Waals surface area contributed by atoms with Crippen molar-refractivity contribution in [2.45, 2.75) is 13.8 Å². The van der Waals surface area contributed by atoms with Crippen molar-refractivity contribution in [2.24, 2.45) is 0 Å². The van der Waals surface area contributed by atoms with E-state index in [9.17, 15) is 9.90 Å². The van der Waals surface area contributed by atoms with E-state index < -0.39 is 0 Å². The Bertz CT molecular complexity index is 431. The van der Waals surface area contributed by atoms with Crippen molar-refractivity contribution in [3.8, 4) is 17.2 Å². The Labute approximate surface area is 100 Å². The van der Waals surface area contributed by atoms with Gasteiger partial charge in [0.15, 0.2) is 17.8 Å². The van der Waals surface area contributed by atoms with Crippen LogP contribution >= 0.6 is 0 Å². The molecule has 0 spiro atoms. The first-order valence-corrected chi connectivity index (χ1v) is 5.20. The van der Waals surface area contributed by atoms with Gasteiger partial charge in [-0.05, 0) is 26.0 Å². The van der Waals surface area contributed by atoms with Crippen LogP contribution < -0.4 is 9.47 Å². The van der Waals surface area contributed by atoms with Crippen molar-refractivity contribution in [3.05, 3.63) is 29.3 Å². The van der Waals surface area contributed by atoms with Crippen molar-refractivity contribution >= 4 is 6.29 Å². The van der Waals surface area contributed by atoms with Crippen LogP contribution in [0.4, 0.5) is 0 Å². The number of ether oxygens (including phenoxy) is 2. The van der Waals surface area contributed by atoms with Gasteiger partial charge in [0.05, 0.1) is 12.7 Å². The zero-order valence-electron chi connectivity index (χ0n) is 10.2. The summed E-state index contributed by atoms with van der Waals surface area (Å²) >= 11 is 0. The Morgan fingerprint density at radius 1 is 1.35 bits per heavy atom. The summed E-state index contributed by atoms with van der Waals surface area (Å²) in [6.45, 7) is 4.32. The van der Waals surface area contributed by atoms with Gasteiger partial charge in [0.1, 0.15) is 12.4 Å². The van der Waals surface area contributed by atoms with Crippen molar-refractivity contribution in [3.63, 3.8) is 0 Å². The average molecular weight is 236 g/mol. The zero-order chi connectivity index (χ0) is 12.8. The molecule has 0 aliphatic heterocycles. The summed E-state index contributed by atoms with van der Waals surface area (Å²) in [5.41, 5.74) is 1.31. The lowest BCUT2D eigenvalue weighted by molar-refractivity contribution is 0.112. The second-order valence-electron chi connectivity index (χ2n) is 3.77. The molecule has 0 saturated carbocycles. The molecular weight excluding hydrogens is 220 g/mol. The summed E-state index contributed by atoms with van der Waals surface area (Å²) in [5.74, 6) is 0.716. The Hall–Kier alpha value is -1.97. The average Bonchev–Trinajstić information content (AvgIpc) is 2.29. The predicted octanol–water partition coefficient (Wildman–Crippen LogP) is 2.56. The molecule has 0 heterocycles. The first kappa shape index (κ1) is 13.1. The lowest BCUT2D eigenvalue weighted by atomic mass is 10.2. The molecule has 0 bridgehead atoms. The van der Waals surface area contributed by atoms with Crippen LogP contribution in [0.25, 0.3) is 0 Å². The summed E-state index contributed by atoms with van der Waals surface area (Å²) in [7, 11) is 1.48. The molecule has 1 rings (SSSR count). The van der Waals surface area contributed by atoms with Crippen LogP contribution in [0.3, 0.4) is 0 Å². The van der Waals surface area contributed by atoms with Gasteiger partial charge in [-0.3, -0.25) is 4.79 Å². The molecule has 1 aromatic rings. The fourth-order valence-corrected chi connectivity index (χ4v) is 1.23. The van der Waals surface area contributed by atoms with Crippen LogP contribution in [0.15, 0.2) is 23.8 Å². The Morgan fingerprint density at radius 3 is 2.59 bits per heavy atom. The molecular formula is C13H16O4. The monoisotopic (exact) mass is 236 g/mol. The summed E-state index contributed by atoms with van der Waals surface area (Å²) in [5, 5.41) is 9.54. The van der Waals surface area contributed by atoms with E-state index in [0.717, 1.165) is 5.57 Å². The maximum Gasteiger partial charge on any atom is 0.165 e. The van der Waals surface area contributed by atoms with Gasteiger partial charge in [-0.15, -0.1) is 0 Å². The summed E-state index contributed by atoms with van der Waals surface area (Å²) < 4.78 is 10.5. The second kappa shape index (κ2) is 5.94. The van der Waals surface area contributed by atoms with E-state index >= 15 is 0 Å². The molecule has 0 aliphatic rings. The maximum absolute atomic E-state index is 10.6. The predicted molar refractivity (Wildman–Crippen MR) is 65.0 cm³/mol. The van der Waals surface area contributed by atoms with Gasteiger partial charge in [0, 0.05) is 6.07 Å². The van der Waals surface area contributed by atoms with Gasteiger partial charge < -0.3 is 14.6 Å². The van der Waals surface area contributed by atoms with Gasteiger partial charge in [-0.25, -0.2) is 0 Å². The molecule has 92 valence electrons. The highest BCUT2D eigenvalue weighted by atomic mass is 16.5. The van der Waals surface area contributed by atoms with Crippen molar-refractivity contribution in [2.75, 3.05) is 13.7 Å². The highest BCUT2D eigenvalue weighted by Gasteiger charge is 2.10. The minimum atomic E-state index is -0.118. The normalized spacial score (nSPS) is 9.59. The minimum Gasteiger partial charge on any atom is -0.507 e. The lowest BCUT2D eigenvalue weighted by Gasteiger charge is -2.10. The standard InChI is InChI=1S/C13H16O4/c1-9(2)4-5-17-13-7-11(15)10(8-14)6-12(13)16-3/h4,6-8,15H,5H2,1-3H3. The highest BCUT2D eigenvalue weighted by molar-refractivity contribution is 5.81. The number of phenolic OH excluding ortho intramolecular Hbond substituents is 1. The fraction of sp³-hybridized carbons (Fsp3) is 0.308. The molecule has 0 aromatic heterocycles. The molecule has 4 nitrogen and oxygen atoms in total. The number of hydrogen-bond donors (Lipinski definition) is 1. The Kier molecular flexibility index (Phi) is 4.57. The van der Waals surface area contributed by atoms with Gasteiger partial charge in [-0.1, -0.05) is 5.57 Å². The van der Waals surface area contributed by atoms with Gasteiger partial charge in [0.2, 0.25) is 0 Å². The number of methoxy groups -OCH3 is 1. The number of benzene rings is 1. The number of hydrogen-bond acceptors (Lipinski definition) is 4. The first-order valence-electron chi connectivity index (χ1n) is 5.20. The Balaban J connectivity index is 2.94. The van der Waals surface area contributed by atoms with E-state index in [-0.39, 0.29) is 11.3 Å². The van der Waals surface area contributed by atoms with E-state index in [4.69, 9.17) is 9.47 Å². The second-order valence-corrected chi connectivity index (χ2v) is 3.77. The molecule has 0 saturated heterocycles. The van der Waals surface area contributed by atoms with E-state index in [2.05, 4.69) is 0 Å². The Morgan fingerprint density at radius 2 is 2.06 bits per heavy atom. The van der Waals surface area contributed by atoms with Crippen LogP contribution in [0.5, 0.6) is 17.2 Å². The molecule has 0 fully saturated rings. The molecule has 0 atom stereocenters. The van der Waals surface area contributed by atoms with Crippen molar-refractivity contribution < 1.29 is 19.4 Å². The fourth-order valence-electron chi connectivity index (χ4n) is 1.23. The van der Waals surface area contributed by atoms with Gasteiger partial charge in [0.25, 0.3) is 0 Å². The smallest absolute Gasteiger partial charge is 0.165 e. The molecule has 0 amide bonds. The summed E-state index contributed by atoms with van der Waals surface area (Å²) in [6.07, 6.45) is 2.47.